The molecule has 0 aliphatic carbocycles. The molecule has 1 aromatic rings. The van der Waals surface area contributed by atoms with Crippen LogP contribution in [0.2, 0.25) is 0 Å². The Balaban J connectivity index is 1.15. The van der Waals surface area contributed by atoms with Gasteiger partial charge in [-0.3, -0.25) is 9.69 Å². The standard InChI is InChI=1S/C27H42N4O3/c1-27(2,3)34-26(33)31-16-11-22(12-17-31)10-15-28-18-20-29(21-19-28)24-8-6-23(7-9-24)25(32)30-13-4-5-14-30/h6-9,22H,4-5,10-21H2,1-3H3. The van der Waals surface area contributed by atoms with Crippen molar-refractivity contribution in [2.75, 3.05) is 63.8 Å². The summed E-state index contributed by atoms with van der Waals surface area (Å²) in [4.78, 5) is 33.7. The van der Waals surface area contributed by atoms with E-state index in [1.165, 1.54) is 12.1 Å². The van der Waals surface area contributed by atoms with Gasteiger partial charge in [-0.1, -0.05) is 0 Å². The molecule has 0 spiro atoms. The number of anilines is 1. The third kappa shape index (κ3) is 6.65. The van der Waals surface area contributed by atoms with E-state index >= 15 is 0 Å². The zero-order valence-corrected chi connectivity index (χ0v) is 21.3. The molecule has 0 radical (unpaired) electrons. The minimum atomic E-state index is -0.427. The number of amides is 2. The van der Waals surface area contributed by atoms with Crippen LogP contribution in [0.1, 0.15) is 63.2 Å². The van der Waals surface area contributed by atoms with Gasteiger partial charge in [0.05, 0.1) is 0 Å². The maximum absolute atomic E-state index is 12.6. The van der Waals surface area contributed by atoms with Crippen LogP contribution in [-0.2, 0) is 4.74 Å². The van der Waals surface area contributed by atoms with Crippen molar-refractivity contribution in [2.24, 2.45) is 5.92 Å². The second-order valence-electron chi connectivity index (χ2n) is 11.1. The number of piperazine rings is 1. The van der Waals surface area contributed by atoms with Crippen molar-refractivity contribution in [3.05, 3.63) is 29.8 Å². The van der Waals surface area contributed by atoms with Crippen molar-refractivity contribution in [3.63, 3.8) is 0 Å². The molecule has 3 aliphatic heterocycles. The Morgan fingerprint density at radius 2 is 1.47 bits per heavy atom. The SMILES string of the molecule is CC(C)(C)OC(=O)N1CCC(CCN2CCN(c3ccc(C(=O)N4CCCC4)cc3)CC2)CC1. The lowest BCUT2D eigenvalue weighted by Crippen LogP contribution is -2.47. The maximum atomic E-state index is 12.6. The van der Waals surface area contributed by atoms with Gasteiger partial charge in [0.15, 0.2) is 0 Å². The van der Waals surface area contributed by atoms with E-state index in [1.807, 2.05) is 42.7 Å². The molecule has 0 saturated carbocycles. The van der Waals surface area contributed by atoms with Crippen molar-refractivity contribution in [3.8, 4) is 0 Å². The number of hydrogen-bond acceptors (Lipinski definition) is 5. The van der Waals surface area contributed by atoms with E-state index in [1.54, 1.807) is 0 Å². The molecule has 7 nitrogen and oxygen atoms in total. The van der Waals surface area contributed by atoms with E-state index < -0.39 is 5.60 Å². The summed E-state index contributed by atoms with van der Waals surface area (Å²) in [6.07, 6.45) is 5.42. The molecule has 0 N–H and O–H groups in total. The van der Waals surface area contributed by atoms with Gasteiger partial charge in [-0.15, -0.1) is 0 Å². The van der Waals surface area contributed by atoms with Crippen LogP contribution in [0.4, 0.5) is 10.5 Å². The average Bonchev–Trinajstić information content (AvgIpc) is 3.37. The number of carbonyl (C=O) groups is 2. The highest BCUT2D eigenvalue weighted by Crippen LogP contribution is 2.24. The van der Waals surface area contributed by atoms with Crippen molar-refractivity contribution < 1.29 is 14.3 Å². The van der Waals surface area contributed by atoms with Gasteiger partial charge in [-0.25, -0.2) is 4.79 Å². The van der Waals surface area contributed by atoms with E-state index in [9.17, 15) is 9.59 Å². The minimum absolute atomic E-state index is 0.171. The molecular formula is C27H42N4O3. The van der Waals surface area contributed by atoms with Gasteiger partial charge in [0.1, 0.15) is 5.60 Å². The monoisotopic (exact) mass is 470 g/mol. The number of carbonyl (C=O) groups excluding carboxylic acids is 2. The zero-order chi connectivity index (χ0) is 24.1. The number of hydrogen-bond donors (Lipinski definition) is 0. The summed E-state index contributed by atoms with van der Waals surface area (Å²) in [5.74, 6) is 0.864. The van der Waals surface area contributed by atoms with E-state index in [0.717, 1.165) is 90.1 Å². The van der Waals surface area contributed by atoms with E-state index in [4.69, 9.17) is 4.74 Å². The molecule has 0 aromatic heterocycles. The van der Waals surface area contributed by atoms with Gasteiger partial charge in [0.2, 0.25) is 0 Å². The molecular weight excluding hydrogens is 428 g/mol. The van der Waals surface area contributed by atoms with Crippen LogP contribution >= 0.6 is 0 Å². The van der Waals surface area contributed by atoms with Crippen LogP contribution in [0.15, 0.2) is 24.3 Å². The Bertz CT molecular complexity index is 813. The van der Waals surface area contributed by atoms with Crippen LogP contribution in [0.25, 0.3) is 0 Å². The number of likely N-dealkylation sites (tertiary alicyclic amines) is 2. The summed E-state index contributed by atoms with van der Waals surface area (Å²) < 4.78 is 5.51. The Morgan fingerprint density at radius 3 is 2.06 bits per heavy atom. The fraction of sp³-hybridized carbons (Fsp3) is 0.704. The highest BCUT2D eigenvalue weighted by atomic mass is 16.6. The first-order valence-electron chi connectivity index (χ1n) is 13.1. The van der Waals surface area contributed by atoms with Crippen molar-refractivity contribution >= 4 is 17.7 Å². The van der Waals surface area contributed by atoms with Crippen LogP contribution in [0.5, 0.6) is 0 Å². The van der Waals surface area contributed by atoms with Crippen molar-refractivity contribution in [2.45, 2.75) is 58.5 Å². The molecule has 0 unspecified atom stereocenters. The summed E-state index contributed by atoms with van der Waals surface area (Å²) in [6.45, 7) is 14.5. The first-order chi connectivity index (χ1) is 16.3. The van der Waals surface area contributed by atoms with Crippen LogP contribution in [-0.4, -0.2) is 91.2 Å². The molecule has 0 bridgehead atoms. The smallest absolute Gasteiger partial charge is 0.410 e. The number of nitrogens with zero attached hydrogens (tertiary/aromatic N) is 4. The van der Waals surface area contributed by atoms with Gasteiger partial charge in [-0.05, 0) is 89.6 Å². The van der Waals surface area contributed by atoms with Crippen LogP contribution in [0, 0.1) is 5.92 Å². The molecule has 0 atom stereocenters. The Morgan fingerprint density at radius 1 is 0.853 bits per heavy atom. The second kappa shape index (κ2) is 11.0. The van der Waals surface area contributed by atoms with Crippen LogP contribution < -0.4 is 4.90 Å². The molecule has 3 heterocycles. The molecule has 3 fully saturated rings. The summed E-state index contributed by atoms with van der Waals surface area (Å²) in [5, 5.41) is 0. The minimum Gasteiger partial charge on any atom is -0.444 e. The Hall–Kier alpha value is -2.28. The van der Waals surface area contributed by atoms with Crippen LogP contribution in [0.3, 0.4) is 0 Å². The van der Waals surface area contributed by atoms with Gasteiger partial charge in [0.25, 0.3) is 5.91 Å². The van der Waals surface area contributed by atoms with Crippen molar-refractivity contribution in [1.29, 1.82) is 0 Å². The van der Waals surface area contributed by atoms with E-state index in [-0.39, 0.29) is 12.0 Å². The second-order valence-corrected chi connectivity index (χ2v) is 11.1. The predicted octanol–water partition coefficient (Wildman–Crippen LogP) is 4.08. The lowest BCUT2D eigenvalue weighted by molar-refractivity contribution is 0.0177. The normalized spacial score (nSPS) is 20.6. The summed E-state index contributed by atoms with van der Waals surface area (Å²) in [6, 6.07) is 8.20. The van der Waals surface area contributed by atoms with E-state index in [0.29, 0.717) is 5.92 Å². The number of piperidine rings is 1. The highest BCUT2D eigenvalue weighted by molar-refractivity contribution is 5.94. The van der Waals surface area contributed by atoms with Crippen molar-refractivity contribution in [1.82, 2.24) is 14.7 Å². The molecule has 34 heavy (non-hydrogen) atoms. The number of benzene rings is 1. The topological polar surface area (TPSA) is 56.3 Å². The highest BCUT2D eigenvalue weighted by Gasteiger charge is 2.27. The fourth-order valence-electron chi connectivity index (χ4n) is 5.24. The summed E-state index contributed by atoms with van der Waals surface area (Å²) in [7, 11) is 0. The summed E-state index contributed by atoms with van der Waals surface area (Å²) in [5.41, 5.74) is 1.59. The maximum Gasteiger partial charge on any atom is 0.410 e. The van der Waals surface area contributed by atoms with Gasteiger partial charge < -0.3 is 19.4 Å². The van der Waals surface area contributed by atoms with Gasteiger partial charge >= 0.3 is 6.09 Å². The third-order valence-electron chi connectivity index (χ3n) is 7.36. The molecule has 188 valence electrons. The summed E-state index contributed by atoms with van der Waals surface area (Å²) >= 11 is 0. The molecule has 3 saturated heterocycles. The quantitative estimate of drug-likeness (QED) is 0.649. The average molecular weight is 471 g/mol. The molecule has 2 amide bonds. The van der Waals surface area contributed by atoms with E-state index in [2.05, 4.69) is 21.9 Å². The molecule has 1 aromatic carbocycles. The molecule has 3 aliphatic rings. The Labute approximate surface area is 205 Å². The third-order valence-corrected chi connectivity index (χ3v) is 7.36. The predicted molar refractivity (Wildman–Crippen MR) is 135 cm³/mol. The molecule has 7 heteroatoms. The lowest BCUT2D eigenvalue weighted by Gasteiger charge is -2.38. The Kier molecular flexibility index (Phi) is 8.02. The fourth-order valence-corrected chi connectivity index (χ4v) is 5.24. The molecule has 4 rings (SSSR count). The first kappa shape index (κ1) is 24.8. The lowest BCUT2D eigenvalue weighted by atomic mass is 9.93. The number of ether oxygens (including phenoxy) is 1. The first-order valence-corrected chi connectivity index (χ1v) is 13.1. The zero-order valence-electron chi connectivity index (χ0n) is 21.3. The van der Waals surface area contributed by atoms with Gasteiger partial charge in [0, 0.05) is 63.6 Å². The van der Waals surface area contributed by atoms with Gasteiger partial charge in [-0.2, -0.15) is 0 Å². The largest absolute Gasteiger partial charge is 0.444 e. The number of rotatable bonds is 5.